The summed E-state index contributed by atoms with van der Waals surface area (Å²) in [5.41, 5.74) is 1.06. The van der Waals surface area contributed by atoms with E-state index in [4.69, 9.17) is 20.8 Å². The molecule has 1 aromatic heterocycles. The molecule has 0 saturated carbocycles. The van der Waals surface area contributed by atoms with Gasteiger partial charge in [0.25, 0.3) is 0 Å². The lowest BCUT2D eigenvalue weighted by molar-refractivity contribution is 0.0186. The minimum Gasteiger partial charge on any atom is -0.423 e. The van der Waals surface area contributed by atoms with Crippen LogP contribution in [0.25, 0.3) is 0 Å². The molecule has 1 fully saturated rings. The molecule has 0 amide bonds. The zero-order valence-corrected chi connectivity index (χ0v) is 16.7. The molecule has 0 spiro atoms. The van der Waals surface area contributed by atoms with Gasteiger partial charge in [0.1, 0.15) is 6.07 Å². The summed E-state index contributed by atoms with van der Waals surface area (Å²) < 4.78 is 11.3. The second-order valence-electron chi connectivity index (χ2n) is 7.63. The van der Waals surface area contributed by atoms with Gasteiger partial charge in [0, 0.05) is 30.1 Å². The molecule has 1 aliphatic rings. The number of oxazole rings is 1. The maximum atomic E-state index is 9.41. The third kappa shape index (κ3) is 4.62. The van der Waals surface area contributed by atoms with Crippen LogP contribution in [-0.2, 0) is 10.2 Å². The fourth-order valence-corrected chi connectivity index (χ4v) is 3.36. The van der Waals surface area contributed by atoms with E-state index in [0.29, 0.717) is 31.5 Å². The van der Waals surface area contributed by atoms with Gasteiger partial charge in [0.2, 0.25) is 17.5 Å². The average molecular weight is 389 g/mol. The first kappa shape index (κ1) is 19.7. The Labute approximate surface area is 165 Å². The van der Waals surface area contributed by atoms with Crippen molar-refractivity contribution in [1.29, 1.82) is 5.26 Å². The van der Waals surface area contributed by atoms with E-state index in [-0.39, 0.29) is 17.2 Å². The maximum absolute atomic E-state index is 9.41. The molecule has 7 heteroatoms. The standard InChI is InChI=1S/C20H25ClN4O2/c1-20(2,3)19-24-16(12-22)18(27-19)23-13-17(25-8-10-26-11-9-25)14-6-4-5-7-15(14)21/h4-7,17,23H,8-11,13H2,1-3H3/t17-/m0/s1. The van der Waals surface area contributed by atoms with Crippen LogP contribution in [0.2, 0.25) is 5.02 Å². The van der Waals surface area contributed by atoms with Crippen molar-refractivity contribution in [3.63, 3.8) is 0 Å². The molecule has 1 saturated heterocycles. The summed E-state index contributed by atoms with van der Waals surface area (Å²) in [5.74, 6) is 0.954. The molecular weight excluding hydrogens is 364 g/mol. The molecule has 1 atom stereocenters. The first-order valence-electron chi connectivity index (χ1n) is 9.11. The number of nitrogens with one attached hydrogen (secondary N) is 1. The number of benzene rings is 1. The SMILES string of the molecule is CC(C)(C)c1nc(C#N)c(NC[C@@H](c2ccccc2Cl)N2CCOCC2)o1. The van der Waals surface area contributed by atoms with Crippen LogP contribution >= 0.6 is 11.6 Å². The smallest absolute Gasteiger partial charge is 0.232 e. The molecule has 0 aliphatic carbocycles. The van der Waals surface area contributed by atoms with E-state index in [2.05, 4.69) is 21.3 Å². The predicted octanol–water partition coefficient (Wildman–Crippen LogP) is 3.98. The first-order chi connectivity index (χ1) is 12.9. The van der Waals surface area contributed by atoms with Gasteiger partial charge in [-0.3, -0.25) is 4.90 Å². The van der Waals surface area contributed by atoms with E-state index < -0.39 is 0 Å². The Hall–Kier alpha value is -2.07. The van der Waals surface area contributed by atoms with Gasteiger partial charge in [-0.1, -0.05) is 50.6 Å². The maximum Gasteiger partial charge on any atom is 0.232 e. The highest BCUT2D eigenvalue weighted by Crippen LogP contribution is 2.31. The Balaban J connectivity index is 1.84. The minimum atomic E-state index is -0.266. The van der Waals surface area contributed by atoms with Crippen LogP contribution in [0.3, 0.4) is 0 Å². The van der Waals surface area contributed by atoms with Crippen molar-refractivity contribution in [3.8, 4) is 6.07 Å². The second kappa shape index (κ2) is 8.30. The summed E-state index contributed by atoms with van der Waals surface area (Å²) in [7, 11) is 0. The fourth-order valence-electron chi connectivity index (χ4n) is 3.10. The molecule has 27 heavy (non-hydrogen) atoms. The molecule has 2 aromatic rings. The lowest BCUT2D eigenvalue weighted by Crippen LogP contribution is -2.41. The van der Waals surface area contributed by atoms with Gasteiger partial charge in [-0.15, -0.1) is 0 Å². The van der Waals surface area contributed by atoms with Crippen LogP contribution < -0.4 is 5.32 Å². The molecular formula is C20H25ClN4O2. The normalized spacial score (nSPS) is 16.7. The molecule has 6 nitrogen and oxygen atoms in total. The molecule has 2 heterocycles. The zero-order valence-electron chi connectivity index (χ0n) is 16.0. The number of morpholine rings is 1. The first-order valence-corrected chi connectivity index (χ1v) is 9.49. The monoisotopic (exact) mass is 388 g/mol. The summed E-state index contributed by atoms with van der Waals surface area (Å²) in [5, 5.41) is 13.4. The van der Waals surface area contributed by atoms with Crippen LogP contribution in [0, 0.1) is 11.3 Å². The number of rotatable bonds is 5. The van der Waals surface area contributed by atoms with Crippen molar-refractivity contribution in [1.82, 2.24) is 9.88 Å². The van der Waals surface area contributed by atoms with Crippen molar-refractivity contribution in [3.05, 3.63) is 46.4 Å². The van der Waals surface area contributed by atoms with Gasteiger partial charge < -0.3 is 14.5 Å². The third-order valence-corrected chi connectivity index (χ3v) is 4.93. The van der Waals surface area contributed by atoms with E-state index in [1.165, 1.54) is 0 Å². The van der Waals surface area contributed by atoms with Gasteiger partial charge in [0.05, 0.1) is 19.3 Å². The quantitative estimate of drug-likeness (QED) is 0.834. The molecule has 1 aromatic carbocycles. The fraction of sp³-hybridized carbons (Fsp3) is 0.500. The second-order valence-corrected chi connectivity index (χ2v) is 8.03. The van der Waals surface area contributed by atoms with Crippen molar-refractivity contribution < 1.29 is 9.15 Å². The van der Waals surface area contributed by atoms with Crippen molar-refractivity contribution in [2.75, 3.05) is 38.2 Å². The number of ether oxygens (including phenoxy) is 1. The molecule has 1 N–H and O–H groups in total. The van der Waals surface area contributed by atoms with Crippen molar-refractivity contribution in [2.45, 2.75) is 32.2 Å². The number of nitriles is 1. The summed E-state index contributed by atoms with van der Waals surface area (Å²) in [4.78, 5) is 6.67. The van der Waals surface area contributed by atoms with Gasteiger partial charge in [-0.2, -0.15) is 10.2 Å². The molecule has 3 rings (SSSR count). The lowest BCUT2D eigenvalue weighted by Gasteiger charge is -2.35. The molecule has 0 radical (unpaired) electrons. The number of hydrogen-bond donors (Lipinski definition) is 1. The van der Waals surface area contributed by atoms with E-state index in [1.54, 1.807) is 0 Å². The molecule has 1 aliphatic heterocycles. The van der Waals surface area contributed by atoms with Gasteiger partial charge >= 0.3 is 0 Å². The summed E-state index contributed by atoms with van der Waals surface area (Å²) in [6.07, 6.45) is 0. The van der Waals surface area contributed by atoms with E-state index >= 15 is 0 Å². The summed E-state index contributed by atoms with van der Waals surface area (Å²) >= 11 is 6.47. The highest BCUT2D eigenvalue weighted by Gasteiger charge is 2.27. The van der Waals surface area contributed by atoms with Crippen LogP contribution in [0.4, 0.5) is 5.88 Å². The number of aromatic nitrogens is 1. The predicted molar refractivity (Wildman–Crippen MR) is 105 cm³/mol. The Morgan fingerprint density at radius 2 is 2.00 bits per heavy atom. The highest BCUT2D eigenvalue weighted by molar-refractivity contribution is 6.31. The van der Waals surface area contributed by atoms with Gasteiger partial charge in [-0.25, -0.2) is 0 Å². The highest BCUT2D eigenvalue weighted by atomic mass is 35.5. The molecule has 0 bridgehead atoms. The van der Waals surface area contributed by atoms with Crippen molar-refractivity contribution >= 4 is 17.5 Å². The summed E-state index contributed by atoms with van der Waals surface area (Å²) in [6.45, 7) is 9.61. The van der Waals surface area contributed by atoms with E-state index in [0.717, 1.165) is 23.7 Å². The van der Waals surface area contributed by atoms with Crippen LogP contribution in [0.15, 0.2) is 28.7 Å². The minimum absolute atomic E-state index is 0.0392. The summed E-state index contributed by atoms with van der Waals surface area (Å²) in [6, 6.07) is 10.0. The molecule has 144 valence electrons. The Morgan fingerprint density at radius 1 is 1.30 bits per heavy atom. The Morgan fingerprint density at radius 3 is 2.63 bits per heavy atom. The van der Waals surface area contributed by atoms with Crippen LogP contribution in [0.1, 0.15) is 44.0 Å². The average Bonchev–Trinajstić information content (AvgIpc) is 3.08. The van der Waals surface area contributed by atoms with Crippen LogP contribution in [-0.4, -0.2) is 42.7 Å². The van der Waals surface area contributed by atoms with Gasteiger partial charge in [0.15, 0.2) is 0 Å². The van der Waals surface area contributed by atoms with Gasteiger partial charge in [-0.05, 0) is 11.6 Å². The molecule has 0 unspecified atom stereocenters. The Kier molecular flexibility index (Phi) is 6.05. The Bertz CT molecular complexity index is 816. The topological polar surface area (TPSA) is 74.3 Å². The number of anilines is 1. The number of halogens is 1. The third-order valence-electron chi connectivity index (χ3n) is 4.58. The van der Waals surface area contributed by atoms with E-state index in [9.17, 15) is 5.26 Å². The largest absolute Gasteiger partial charge is 0.423 e. The van der Waals surface area contributed by atoms with E-state index in [1.807, 2.05) is 45.0 Å². The van der Waals surface area contributed by atoms with Crippen LogP contribution in [0.5, 0.6) is 0 Å². The lowest BCUT2D eigenvalue weighted by atomic mass is 9.97. The van der Waals surface area contributed by atoms with Crippen molar-refractivity contribution in [2.24, 2.45) is 0 Å². The zero-order chi connectivity index (χ0) is 19.4. The number of nitrogens with zero attached hydrogens (tertiary/aromatic N) is 3. The number of hydrogen-bond acceptors (Lipinski definition) is 6.